The minimum absolute atomic E-state index is 0.0385. The molecule has 4 rings (SSSR count). The van der Waals surface area contributed by atoms with Gasteiger partial charge in [0.2, 0.25) is 11.8 Å². The number of hydrogen-bond acceptors (Lipinski definition) is 3. The molecule has 0 saturated heterocycles. The van der Waals surface area contributed by atoms with Gasteiger partial charge in [0.25, 0.3) is 0 Å². The van der Waals surface area contributed by atoms with Crippen molar-refractivity contribution >= 4 is 22.7 Å². The summed E-state index contributed by atoms with van der Waals surface area (Å²) in [5, 5.41) is 2.93. The third kappa shape index (κ3) is 4.37. The van der Waals surface area contributed by atoms with Gasteiger partial charge >= 0.3 is 0 Å². The highest BCUT2D eigenvalue weighted by Gasteiger charge is 2.11. The second-order valence-electron chi connectivity index (χ2n) is 7.34. The molecule has 4 aromatic rings. The first-order chi connectivity index (χ1) is 14.1. The quantitative estimate of drug-likeness (QED) is 0.431. The van der Waals surface area contributed by atoms with Gasteiger partial charge in [0, 0.05) is 11.3 Å². The molecular weight excluding hydrogens is 360 g/mol. The molecule has 1 N–H and O–H groups in total. The van der Waals surface area contributed by atoms with Gasteiger partial charge < -0.3 is 9.73 Å². The normalized spacial score (nSPS) is 12.1. The van der Waals surface area contributed by atoms with E-state index in [1.165, 1.54) is 5.56 Å². The fraction of sp³-hybridized carbons (Fsp3) is 0.200. The third-order valence-electron chi connectivity index (χ3n) is 5.22. The van der Waals surface area contributed by atoms with Crippen LogP contribution in [0.3, 0.4) is 0 Å². The first kappa shape index (κ1) is 18.9. The van der Waals surface area contributed by atoms with Gasteiger partial charge in [0.1, 0.15) is 5.52 Å². The van der Waals surface area contributed by atoms with E-state index in [1.807, 2.05) is 60.7 Å². The van der Waals surface area contributed by atoms with Gasteiger partial charge in [-0.3, -0.25) is 4.79 Å². The maximum absolute atomic E-state index is 12.2. The molecule has 0 aliphatic heterocycles. The van der Waals surface area contributed by atoms with Gasteiger partial charge in [-0.25, -0.2) is 4.98 Å². The van der Waals surface area contributed by atoms with E-state index < -0.39 is 0 Å². The molecule has 4 heteroatoms. The highest BCUT2D eigenvalue weighted by molar-refractivity contribution is 5.92. The zero-order valence-corrected chi connectivity index (χ0v) is 16.7. The smallest absolute Gasteiger partial charge is 0.228 e. The van der Waals surface area contributed by atoms with Gasteiger partial charge in [-0.2, -0.15) is 0 Å². The molecule has 3 aromatic carbocycles. The Hall–Kier alpha value is -3.40. The van der Waals surface area contributed by atoms with Crippen molar-refractivity contribution in [1.29, 1.82) is 0 Å². The highest BCUT2D eigenvalue weighted by atomic mass is 16.3. The predicted octanol–water partition coefficient (Wildman–Crippen LogP) is 6.19. The van der Waals surface area contributed by atoms with E-state index in [1.54, 1.807) is 0 Å². The number of fused-ring (bicyclic) bond motifs is 1. The summed E-state index contributed by atoms with van der Waals surface area (Å²) in [6.45, 7) is 4.40. The average molecular weight is 384 g/mol. The van der Waals surface area contributed by atoms with Crippen LogP contribution in [0.25, 0.3) is 22.6 Å². The molecular formula is C25H24N2O2. The Bertz CT molecular complexity index is 1110. The van der Waals surface area contributed by atoms with Gasteiger partial charge in [-0.15, -0.1) is 0 Å². The van der Waals surface area contributed by atoms with Crippen molar-refractivity contribution in [3.05, 3.63) is 83.9 Å². The van der Waals surface area contributed by atoms with Crippen LogP contribution in [-0.4, -0.2) is 10.9 Å². The van der Waals surface area contributed by atoms with Crippen LogP contribution in [0.4, 0.5) is 5.69 Å². The maximum atomic E-state index is 12.2. The standard InChI is InChI=1S/C25H24N2O2/c1-3-17(2)20-11-14-23-22(16-20)27-25(29-23)19-9-12-21(13-10-19)26-24(28)15-18-7-5-4-6-8-18/h4-14,16-17H,3,15H2,1-2H3,(H,26,28)/t17-/m0/s1. The molecule has 0 radical (unpaired) electrons. The molecule has 0 aliphatic rings. The molecule has 1 atom stereocenters. The van der Waals surface area contributed by atoms with E-state index in [0.717, 1.165) is 34.3 Å². The van der Waals surface area contributed by atoms with Gasteiger partial charge in [0.15, 0.2) is 5.58 Å². The molecule has 1 heterocycles. The second-order valence-corrected chi connectivity index (χ2v) is 7.34. The molecule has 0 bridgehead atoms. The summed E-state index contributed by atoms with van der Waals surface area (Å²) in [6, 6.07) is 23.5. The zero-order valence-electron chi connectivity index (χ0n) is 16.7. The van der Waals surface area contributed by atoms with Crippen LogP contribution in [0.2, 0.25) is 0 Å². The van der Waals surface area contributed by atoms with Crippen molar-refractivity contribution in [2.45, 2.75) is 32.6 Å². The topological polar surface area (TPSA) is 55.1 Å². The third-order valence-corrected chi connectivity index (χ3v) is 5.22. The fourth-order valence-electron chi connectivity index (χ4n) is 3.29. The molecule has 0 aliphatic carbocycles. The number of rotatable bonds is 6. The number of aromatic nitrogens is 1. The summed E-state index contributed by atoms with van der Waals surface area (Å²) < 4.78 is 5.92. The van der Waals surface area contributed by atoms with Gasteiger partial charge in [-0.1, -0.05) is 50.2 Å². The predicted molar refractivity (Wildman–Crippen MR) is 117 cm³/mol. The number of nitrogens with zero attached hydrogens (tertiary/aromatic N) is 1. The van der Waals surface area contributed by atoms with Crippen LogP contribution in [0.15, 0.2) is 77.2 Å². The zero-order chi connectivity index (χ0) is 20.2. The van der Waals surface area contributed by atoms with E-state index in [2.05, 4.69) is 36.3 Å². The number of nitrogens with one attached hydrogen (secondary N) is 1. The van der Waals surface area contributed by atoms with Crippen molar-refractivity contribution in [3.8, 4) is 11.5 Å². The summed E-state index contributed by atoms with van der Waals surface area (Å²) in [4.78, 5) is 16.9. The lowest BCUT2D eigenvalue weighted by Gasteiger charge is -2.07. The molecule has 0 saturated carbocycles. The Morgan fingerprint density at radius 1 is 1.03 bits per heavy atom. The van der Waals surface area contributed by atoms with E-state index in [9.17, 15) is 4.79 Å². The molecule has 1 aromatic heterocycles. The van der Waals surface area contributed by atoms with Crippen LogP contribution in [0.1, 0.15) is 37.3 Å². The summed E-state index contributed by atoms with van der Waals surface area (Å²) >= 11 is 0. The first-order valence-electron chi connectivity index (χ1n) is 9.97. The van der Waals surface area contributed by atoms with Crippen LogP contribution in [0, 0.1) is 0 Å². The number of carbonyl (C=O) groups excluding carboxylic acids is 1. The largest absolute Gasteiger partial charge is 0.436 e. The van der Waals surface area contributed by atoms with Crippen LogP contribution < -0.4 is 5.32 Å². The monoisotopic (exact) mass is 384 g/mol. The summed E-state index contributed by atoms with van der Waals surface area (Å²) in [6.07, 6.45) is 1.44. The lowest BCUT2D eigenvalue weighted by Crippen LogP contribution is -2.14. The van der Waals surface area contributed by atoms with Crippen LogP contribution in [0.5, 0.6) is 0 Å². The molecule has 29 heavy (non-hydrogen) atoms. The lowest BCUT2D eigenvalue weighted by atomic mass is 9.98. The van der Waals surface area contributed by atoms with Gasteiger partial charge in [0.05, 0.1) is 6.42 Å². The molecule has 0 spiro atoms. The Labute approximate surface area is 170 Å². The van der Waals surface area contributed by atoms with E-state index >= 15 is 0 Å². The number of oxazole rings is 1. The number of benzene rings is 3. The number of carbonyl (C=O) groups is 1. The van der Waals surface area contributed by atoms with Crippen molar-refractivity contribution in [2.24, 2.45) is 0 Å². The number of hydrogen-bond donors (Lipinski definition) is 1. The maximum Gasteiger partial charge on any atom is 0.228 e. The van der Waals surface area contributed by atoms with E-state index in [-0.39, 0.29) is 5.91 Å². The van der Waals surface area contributed by atoms with E-state index in [0.29, 0.717) is 18.2 Å². The van der Waals surface area contributed by atoms with E-state index in [4.69, 9.17) is 4.42 Å². The fourth-order valence-corrected chi connectivity index (χ4v) is 3.29. The SMILES string of the molecule is CC[C@H](C)c1ccc2oc(-c3ccc(NC(=O)Cc4ccccc4)cc3)nc2c1. The lowest BCUT2D eigenvalue weighted by molar-refractivity contribution is -0.115. The van der Waals surface area contributed by atoms with Crippen molar-refractivity contribution < 1.29 is 9.21 Å². The van der Waals surface area contributed by atoms with Crippen LogP contribution >= 0.6 is 0 Å². The summed E-state index contributed by atoms with van der Waals surface area (Å²) in [5.41, 5.74) is 5.56. The molecule has 1 amide bonds. The number of anilines is 1. The minimum Gasteiger partial charge on any atom is -0.436 e. The molecule has 4 nitrogen and oxygen atoms in total. The average Bonchev–Trinajstić information content (AvgIpc) is 3.17. The summed E-state index contributed by atoms with van der Waals surface area (Å²) in [5.74, 6) is 1.05. The molecule has 146 valence electrons. The number of amides is 1. The van der Waals surface area contributed by atoms with Crippen molar-refractivity contribution in [2.75, 3.05) is 5.32 Å². The van der Waals surface area contributed by atoms with Crippen molar-refractivity contribution in [3.63, 3.8) is 0 Å². The summed E-state index contributed by atoms with van der Waals surface area (Å²) in [7, 11) is 0. The second kappa shape index (κ2) is 8.31. The Morgan fingerprint density at radius 2 is 1.79 bits per heavy atom. The Kier molecular flexibility index (Phi) is 5.43. The highest BCUT2D eigenvalue weighted by Crippen LogP contribution is 2.28. The minimum atomic E-state index is -0.0385. The molecule has 0 unspecified atom stereocenters. The van der Waals surface area contributed by atoms with Crippen molar-refractivity contribution in [1.82, 2.24) is 4.98 Å². The van der Waals surface area contributed by atoms with Gasteiger partial charge in [-0.05, 0) is 59.9 Å². The Balaban J connectivity index is 1.48. The first-order valence-corrected chi connectivity index (χ1v) is 9.97. The molecule has 0 fully saturated rings. The van der Waals surface area contributed by atoms with Crippen LogP contribution in [-0.2, 0) is 11.2 Å². The Morgan fingerprint density at radius 3 is 2.52 bits per heavy atom.